The highest BCUT2D eigenvalue weighted by Gasteiger charge is 2.32. The zero-order valence-electron chi connectivity index (χ0n) is 7.81. The largest absolute Gasteiger partial charge is 0.481 e. The van der Waals surface area contributed by atoms with Gasteiger partial charge < -0.3 is 10.4 Å². The van der Waals surface area contributed by atoms with E-state index in [-0.39, 0.29) is 18.9 Å². The molecule has 1 rings (SSSR count). The van der Waals surface area contributed by atoms with Crippen LogP contribution in [0.5, 0.6) is 0 Å². The third-order valence-corrected chi connectivity index (χ3v) is 1.55. The number of hydrogen-bond donors (Lipinski definition) is 2. The molecule has 5 heteroatoms. The van der Waals surface area contributed by atoms with E-state index in [1.807, 2.05) is 0 Å². The second kappa shape index (κ2) is 5.11. The standard InChI is InChI=1S/C4H7F2N.C4H8O2/c5-4(6)1-2-7-3-4;1-3(2)4(5)6/h7H,1-3H2;3H,1-2H3,(H,5,6). The van der Waals surface area contributed by atoms with E-state index in [4.69, 9.17) is 5.11 Å². The number of aliphatic carboxylic acids is 1. The molecule has 78 valence electrons. The SMILES string of the molecule is CC(C)C(=O)O.FC1(F)CCNC1. The molecule has 13 heavy (non-hydrogen) atoms. The number of nitrogens with one attached hydrogen (secondary N) is 1. The van der Waals surface area contributed by atoms with Gasteiger partial charge in [0.15, 0.2) is 0 Å². The molecule has 0 aliphatic carbocycles. The summed E-state index contributed by atoms with van der Waals surface area (Å²) < 4.78 is 23.8. The molecular weight excluding hydrogens is 180 g/mol. The highest BCUT2D eigenvalue weighted by Crippen LogP contribution is 2.19. The maximum absolute atomic E-state index is 11.9. The monoisotopic (exact) mass is 195 g/mol. The Labute approximate surface area is 76.1 Å². The minimum Gasteiger partial charge on any atom is -0.481 e. The van der Waals surface area contributed by atoms with Crippen LogP contribution in [0.1, 0.15) is 20.3 Å². The molecule has 0 atom stereocenters. The Morgan fingerprint density at radius 2 is 2.00 bits per heavy atom. The van der Waals surface area contributed by atoms with Gasteiger partial charge in [0.25, 0.3) is 5.92 Å². The van der Waals surface area contributed by atoms with Crippen LogP contribution in [0.15, 0.2) is 0 Å². The first-order chi connectivity index (χ1) is 5.85. The Morgan fingerprint density at radius 1 is 1.54 bits per heavy atom. The van der Waals surface area contributed by atoms with Crippen LogP contribution in [-0.4, -0.2) is 30.1 Å². The van der Waals surface area contributed by atoms with Gasteiger partial charge >= 0.3 is 5.97 Å². The predicted molar refractivity (Wildman–Crippen MR) is 44.9 cm³/mol. The fourth-order valence-corrected chi connectivity index (χ4v) is 0.631. The van der Waals surface area contributed by atoms with Gasteiger partial charge in [-0.25, -0.2) is 8.78 Å². The minimum atomic E-state index is -2.42. The number of hydrogen-bond acceptors (Lipinski definition) is 2. The normalized spacial score (nSPS) is 19.5. The molecule has 0 saturated carbocycles. The molecule has 1 heterocycles. The number of carbonyl (C=O) groups is 1. The van der Waals surface area contributed by atoms with Crippen molar-refractivity contribution in [3.8, 4) is 0 Å². The van der Waals surface area contributed by atoms with Gasteiger partial charge in [0.1, 0.15) is 0 Å². The first kappa shape index (κ1) is 12.3. The maximum Gasteiger partial charge on any atom is 0.305 e. The van der Waals surface area contributed by atoms with Crippen molar-refractivity contribution in [2.75, 3.05) is 13.1 Å². The number of halogens is 2. The van der Waals surface area contributed by atoms with Gasteiger partial charge in [-0.2, -0.15) is 0 Å². The summed E-state index contributed by atoms with van der Waals surface area (Å²) in [6.07, 6.45) is 0.00694. The van der Waals surface area contributed by atoms with E-state index >= 15 is 0 Å². The lowest BCUT2D eigenvalue weighted by Crippen LogP contribution is -2.18. The van der Waals surface area contributed by atoms with Crippen LogP contribution in [0.3, 0.4) is 0 Å². The lowest BCUT2D eigenvalue weighted by Gasteiger charge is -2.02. The first-order valence-electron chi connectivity index (χ1n) is 4.16. The van der Waals surface area contributed by atoms with Gasteiger partial charge in [-0.3, -0.25) is 4.79 Å². The summed E-state index contributed by atoms with van der Waals surface area (Å²) in [4.78, 5) is 9.70. The van der Waals surface area contributed by atoms with Crippen molar-refractivity contribution in [1.29, 1.82) is 0 Å². The van der Waals surface area contributed by atoms with Gasteiger partial charge in [0.2, 0.25) is 0 Å². The number of carboxylic acids is 1. The fourth-order valence-electron chi connectivity index (χ4n) is 0.631. The minimum absolute atomic E-state index is 0.00694. The number of carboxylic acid groups (broad SMARTS) is 1. The molecule has 2 N–H and O–H groups in total. The molecule has 0 aromatic carbocycles. The van der Waals surface area contributed by atoms with Crippen LogP contribution in [0.25, 0.3) is 0 Å². The van der Waals surface area contributed by atoms with Crippen molar-refractivity contribution in [3.05, 3.63) is 0 Å². The molecule has 1 fully saturated rings. The lowest BCUT2D eigenvalue weighted by molar-refractivity contribution is -0.140. The van der Waals surface area contributed by atoms with Crippen molar-refractivity contribution in [2.45, 2.75) is 26.2 Å². The smallest absolute Gasteiger partial charge is 0.305 e. The number of rotatable bonds is 1. The highest BCUT2D eigenvalue weighted by atomic mass is 19.3. The van der Waals surface area contributed by atoms with Crippen molar-refractivity contribution in [3.63, 3.8) is 0 Å². The molecule has 0 spiro atoms. The van der Waals surface area contributed by atoms with E-state index in [0.717, 1.165) is 0 Å². The van der Waals surface area contributed by atoms with Crippen LogP contribution < -0.4 is 5.32 Å². The molecule has 0 aromatic rings. The van der Waals surface area contributed by atoms with E-state index in [0.29, 0.717) is 6.54 Å². The highest BCUT2D eigenvalue weighted by molar-refractivity contribution is 5.68. The van der Waals surface area contributed by atoms with Gasteiger partial charge in [0, 0.05) is 13.0 Å². The zero-order valence-corrected chi connectivity index (χ0v) is 7.81. The van der Waals surface area contributed by atoms with Crippen LogP contribution in [0.2, 0.25) is 0 Å². The van der Waals surface area contributed by atoms with Crippen molar-refractivity contribution in [2.24, 2.45) is 5.92 Å². The topological polar surface area (TPSA) is 49.3 Å². The Balaban J connectivity index is 0.000000226. The fraction of sp³-hybridized carbons (Fsp3) is 0.875. The molecule has 3 nitrogen and oxygen atoms in total. The summed E-state index contributed by atoms with van der Waals surface area (Å²) >= 11 is 0. The van der Waals surface area contributed by atoms with Gasteiger partial charge in [0.05, 0.1) is 12.5 Å². The third-order valence-electron chi connectivity index (χ3n) is 1.55. The third kappa shape index (κ3) is 6.45. The molecule has 0 aromatic heterocycles. The summed E-state index contributed by atoms with van der Waals surface area (Å²) in [7, 11) is 0. The van der Waals surface area contributed by atoms with Crippen molar-refractivity contribution < 1.29 is 18.7 Å². The zero-order chi connectivity index (χ0) is 10.5. The average molecular weight is 195 g/mol. The molecule has 0 bridgehead atoms. The molecule has 1 aliphatic rings. The van der Waals surface area contributed by atoms with Gasteiger partial charge in [-0.05, 0) is 0 Å². The molecule has 0 radical (unpaired) electrons. The van der Waals surface area contributed by atoms with Crippen molar-refractivity contribution >= 4 is 5.97 Å². The number of alkyl halides is 2. The second-order valence-corrected chi connectivity index (χ2v) is 3.28. The predicted octanol–water partition coefficient (Wildman–Crippen LogP) is 1.34. The van der Waals surface area contributed by atoms with Gasteiger partial charge in [-0.1, -0.05) is 13.8 Å². The first-order valence-corrected chi connectivity index (χ1v) is 4.16. The summed E-state index contributed by atoms with van der Waals surface area (Å²) in [5.74, 6) is -3.39. The Morgan fingerprint density at radius 3 is 2.08 bits per heavy atom. The van der Waals surface area contributed by atoms with E-state index in [1.165, 1.54) is 0 Å². The summed E-state index contributed by atoms with van der Waals surface area (Å²) in [6.45, 7) is 3.62. The maximum atomic E-state index is 11.9. The van der Waals surface area contributed by atoms with E-state index < -0.39 is 11.9 Å². The van der Waals surface area contributed by atoms with Crippen LogP contribution >= 0.6 is 0 Å². The van der Waals surface area contributed by atoms with Crippen LogP contribution in [-0.2, 0) is 4.79 Å². The quantitative estimate of drug-likeness (QED) is 0.663. The average Bonchev–Trinajstić information content (AvgIpc) is 2.35. The molecule has 0 unspecified atom stereocenters. The molecule has 0 amide bonds. The Bertz CT molecular complexity index is 164. The lowest BCUT2D eigenvalue weighted by atomic mass is 10.2. The summed E-state index contributed by atoms with van der Waals surface area (Å²) in [6, 6.07) is 0. The summed E-state index contributed by atoms with van der Waals surface area (Å²) in [5.41, 5.74) is 0. The molecular formula is C8H15F2NO2. The van der Waals surface area contributed by atoms with E-state index in [9.17, 15) is 13.6 Å². The molecule has 1 saturated heterocycles. The van der Waals surface area contributed by atoms with E-state index in [1.54, 1.807) is 13.8 Å². The van der Waals surface area contributed by atoms with Crippen molar-refractivity contribution in [1.82, 2.24) is 5.32 Å². The van der Waals surface area contributed by atoms with Gasteiger partial charge in [-0.15, -0.1) is 0 Å². The Hall–Kier alpha value is -0.710. The Kier molecular flexibility index (Phi) is 4.83. The summed E-state index contributed by atoms with van der Waals surface area (Å²) in [5, 5.41) is 10.6. The molecule has 1 aliphatic heterocycles. The van der Waals surface area contributed by atoms with Crippen LogP contribution in [0.4, 0.5) is 8.78 Å². The van der Waals surface area contributed by atoms with Crippen LogP contribution in [0, 0.1) is 5.92 Å². The second-order valence-electron chi connectivity index (χ2n) is 3.28. The van der Waals surface area contributed by atoms with E-state index in [2.05, 4.69) is 5.32 Å².